The zero-order chi connectivity index (χ0) is 10.8. The lowest BCUT2D eigenvalue weighted by Crippen LogP contribution is -1.96. The highest BCUT2D eigenvalue weighted by atomic mass is 35.5. The maximum absolute atomic E-state index is 6.02. The molecule has 0 bridgehead atoms. The van der Waals surface area contributed by atoms with Gasteiger partial charge in [0.25, 0.3) is 0 Å². The highest BCUT2D eigenvalue weighted by Crippen LogP contribution is 2.27. The molecular formula is C10H7Cl2N3. The van der Waals surface area contributed by atoms with E-state index in [0.717, 1.165) is 5.56 Å². The van der Waals surface area contributed by atoms with Gasteiger partial charge >= 0.3 is 0 Å². The molecule has 0 atom stereocenters. The lowest BCUT2D eigenvalue weighted by molar-refractivity contribution is 1.19. The van der Waals surface area contributed by atoms with Crippen LogP contribution in [0, 0.1) is 0 Å². The summed E-state index contributed by atoms with van der Waals surface area (Å²) in [6.45, 7) is 0. The van der Waals surface area contributed by atoms with Crippen molar-refractivity contribution in [2.45, 2.75) is 0 Å². The minimum absolute atomic E-state index is 0.136. The predicted octanol–water partition coefficient (Wildman–Crippen LogP) is 3.03. The molecule has 1 aromatic heterocycles. The van der Waals surface area contributed by atoms with Crippen LogP contribution in [0.1, 0.15) is 0 Å². The third-order valence-corrected chi connectivity index (χ3v) is 2.39. The predicted molar refractivity (Wildman–Crippen MR) is 61.9 cm³/mol. The summed E-state index contributed by atoms with van der Waals surface area (Å²) in [5.41, 5.74) is 6.91. The molecule has 1 heterocycles. The van der Waals surface area contributed by atoms with Crippen molar-refractivity contribution in [3.05, 3.63) is 40.5 Å². The molecule has 0 aliphatic heterocycles. The van der Waals surface area contributed by atoms with Crippen LogP contribution >= 0.6 is 23.2 Å². The van der Waals surface area contributed by atoms with E-state index < -0.39 is 0 Å². The smallest absolute Gasteiger partial charge is 0.221 e. The summed E-state index contributed by atoms with van der Waals surface area (Å²) in [5, 5.41) is 0.907. The molecule has 1 aromatic carbocycles. The molecule has 76 valence electrons. The first-order valence-corrected chi connectivity index (χ1v) is 4.97. The van der Waals surface area contributed by atoms with Gasteiger partial charge in [-0.3, -0.25) is 0 Å². The van der Waals surface area contributed by atoms with Gasteiger partial charge < -0.3 is 5.73 Å². The van der Waals surface area contributed by atoms with Gasteiger partial charge in [0.1, 0.15) is 5.15 Å². The van der Waals surface area contributed by atoms with Crippen LogP contribution in [-0.4, -0.2) is 9.97 Å². The Kier molecular flexibility index (Phi) is 2.75. The third-order valence-electron chi connectivity index (χ3n) is 1.86. The summed E-state index contributed by atoms with van der Waals surface area (Å²) < 4.78 is 0. The first kappa shape index (κ1) is 10.2. The van der Waals surface area contributed by atoms with E-state index in [2.05, 4.69) is 9.97 Å². The fraction of sp³-hybridized carbons (Fsp3) is 0. The standard InChI is InChI=1S/C10H7Cl2N3/c11-7-4-2-1-3-6(7)8-5-9(12)15-10(13)14-8/h1-5H,(H2,13,14,15). The minimum Gasteiger partial charge on any atom is -0.368 e. The van der Waals surface area contributed by atoms with Crippen molar-refractivity contribution in [2.24, 2.45) is 0 Å². The molecule has 0 radical (unpaired) electrons. The Morgan fingerprint density at radius 1 is 1.07 bits per heavy atom. The van der Waals surface area contributed by atoms with Crippen LogP contribution in [0.3, 0.4) is 0 Å². The zero-order valence-corrected chi connectivity index (χ0v) is 9.13. The topological polar surface area (TPSA) is 51.8 Å². The van der Waals surface area contributed by atoms with Crippen molar-refractivity contribution in [1.29, 1.82) is 0 Å². The van der Waals surface area contributed by atoms with E-state index >= 15 is 0 Å². The summed E-state index contributed by atoms with van der Waals surface area (Å²) in [6.07, 6.45) is 0. The van der Waals surface area contributed by atoms with E-state index in [1.165, 1.54) is 0 Å². The van der Waals surface area contributed by atoms with E-state index in [4.69, 9.17) is 28.9 Å². The molecule has 0 aliphatic carbocycles. The molecule has 0 fully saturated rings. The largest absolute Gasteiger partial charge is 0.368 e. The van der Waals surface area contributed by atoms with Gasteiger partial charge in [-0.25, -0.2) is 9.97 Å². The van der Waals surface area contributed by atoms with E-state index in [0.29, 0.717) is 15.9 Å². The zero-order valence-electron chi connectivity index (χ0n) is 7.61. The van der Waals surface area contributed by atoms with Crippen LogP contribution in [0.5, 0.6) is 0 Å². The van der Waals surface area contributed by atoms with Gasteiger partial charge in [0.15, 0.2) is 0 Å². The molecule has 2 rings (SSSR count). The fourth-order valence-electron chi connectivity index (χ4n) is 1.24. The van der Waals surface area contributed by atoms with Gasteiger partial charge in [0.2, 0.25) is 5.95 Å². The Morgan fingerprint density at radius 2 is 1.80 bits per heavy atom. The number of halogens is 2. The number of rotatable bonds is 1. The highest BCUT2D eigenvalue weighted by molar-refractivity contribution is 6.33. The molecule has 0 unspecified atom stereocenters. The number of anilines is 1. The average molecular weight is 240 g/mol. The number of benzene rings is 1. The van der Waals surface area contributed by atoms with Crippen molar-refractivity contribution in [2.75, 3.05) is 5.73 Å². The van der Waals surface area contributed by atoms with Crippen LogP contribution in [0.25, 0.3) is 11.3 Å². The summed E-state index contributed by atoms with van der Waals surface area (Å²) >= 11 is 11.8. The molecule has 15 heavy (non-hydrogen) atoms. The second-order valence-electron chi connectivity index (χ2n) is 2.91. The molecule has 3 nitrogen and oxygen atoms in total. The van der Waals surface area contributed by atoms with E-state index in [1.54, 1.807) is 12.1 Å². The molecule has 0 saturated carbocycles. The molecule has 0 aliphatic rings. The summed E-state index contributed by atoms with van der Waals surface area (Å²) in [5.74, 6) is 0.136. The van der Waals surface area contributed by atoms with Gasteiger partial charge in [0.05, 0.1) is 5.69 Å². The number of nitrogens with zero attached hydrogens (tertiary/aromatic N) is 2. The first-order chi connectivity index (χ1) is 7.16. The second-order valence-corrected chi connectivity index (χ2v) is 3.71. The van der Waals surface area contributed by atoms with Gasteiger partial charge in [-0.1, -0.05) is 41.4 Å². The van der Waals surface area contributed by atoms with E-state index in [1.807, 2.05) is 18.2 Å². The number of nitrogens with two attached hydrogens (primary N) is 1. The van der Waals surface area contributed by atoms with Gasteiger partial charge in [-0.2, -0.15) is 0 Å². The Morgan fingerprint density at radius 3 is 2.47 bits per heavy atom. The summed E-state index contributed by atoms with van der Waals surface area (Å²) in [4.78, 5) is 7.84. The SMILES string of the molecule is Nc1nc(Cl)cc(-c2ccccc2Cl)n1. The lowest BCUT2D eigenvalue weighted by Gasteiger charge is -2.04. The molecule has 0 saturated heterocycles. The molecular weight excluding hydrogens is 233 g/mol. The van der Waals surface area contributed by atoms with Crippen molar-refractivity contribution >= 4 is 29.2 Å². The van der Waals surface area contributed by atoms with Crippen molar-refractivity contribution in [3.8, 4) is 11.3 Å². The van der Waals surface area contributed by atoms with Crippen LogP contribution in [0.4, 0.5) is 5.95 Å². The molecule has 5 heteroatoms. The van der Waals surface area contributed by atoms with Crippen molar-refractivity contribution in [3.63, 3.8) is 0 Å². The summed E-state index contributed by atoms with van der Waals surface area (Å²) in [6, 6.07) is 8.97. The van der Waals surface area contributed by atoms with E-state index in [-0.39, 0.29) is 5.95 Å². The maximum Gasteiger partial charge on any atom is 0.221 e. The van der Waals surface area contributed by atoms with Crippen molar-refractivity contribution < 1.29 is 0 Å². The van der Waals surface area contributed by atoms with Crippen molar-refractivity contribution in [1.82, 2.24) is 9.97 Å². The van der Waals surface area contributed by atoms with Gasteiger partial charge in [-0.05, 0) is 6.07 Å². The molecule has 2 N–H and O–H groups in total. The molecule has 0 amide bonds. The lowest BCUT2D eigenvalue weighted by atomic mass is 10.1. The van der Waals surface area contributed by atoms with Crippen LogP contribution < -0.4 is 5.73 Å². The number of nitrogen functional groups attached to an aromatic ring is 1. The monoisotopic (exact) mass is 239 g/mol. The Hall–Kier alpha value is -1.32. The average Bonchev–Trinajstić information content (AvgIpc) is 2.16. The van der Waals surface area contributed by atoms with Crippen LogP contribution in [-0.2, 0) is 0 Å². The Bertz CT molecular complexity index is 480. The van der Waals surface area contributed by atoms with Crippen LogP contribution in [0.15, 0.2) is 30.3 Å². The quantitative estimate of drug-likeness (QED) is 0.779. The van der Waals surface area contributed by atoms with E-state index in [9.17, 15) is 0 Å². The number of aromatic nitrogens is 2. The fourth-order valence-corrected chi connectivity index (χ4v) is 1.66. The van der Waals surface area contributed by atoms with Crippen LogP contribution in [0.2, 0.25) is 10.2 Å². The minimum atomic E-state index is 0.136. The highest BCUT2D eigenvalue weighted by Gasteiger charge is 2.06. The summed E-state index contributed by atoms with van der Waals surface area (Å²) in [7, 11) is 0. The third kappa shape index (κ3) is 2.19. The van der Waals surface area contributed by atoms with Gasteiger partial charge in [-0.15, -0.1) is 0 Å². The number of hydrogen-bond donors (Lipinski definition) is 1. The Labute approximate surface area is 96.9 Å². The molecule has 2 aromatic rings. The molecule has 0 spiro atoms. The number of hydrogen-bond acceptors (Lipinski definition) is 3. The normalized spacial score (nSPS) is 10.3. The van der Waals surface area contributed by atoms with Gasteiger partial charge in [0, 0.05) is 16.7 Å². The maximum atomic E-state index is 6.02. The first-order valence-electron chi connectivity index (χ1n) is 4.22. The second kappa shape index (κ2) is 4.04. The Balaban J connectivity index is 2.59.